The van der Waals surface area contributed by atoms with Gasteiger partial charge in [0, 0.05) is 23.0 Å². The molecule has 1 aliphatic heterocycles. The van der Waals surface area contributed by atoms with Gasteiger partial charge in [-0.2, -0.15) is 0 Å². The van der Waals surface area contributed by atoms with Gasteiger partial charge in [0.15, 0.2) is 0 Å². The predicted octanol–water partition coefficient (Wildman–Crippen LogP) is 3.88. The zero-order valence-electron chi connectivity index (χ0n) is 6.77. The fourth-order valence-electron chi connectivity index (χ4n) is 0.622. The Kier molecular flexibility index (Phi) is 7.74. The van der Waals surface area contributed by atoms with Gasteiger partial charge in [-0.25, -0.2) is 0 Å². The Morgan fingerprint density at radius 1 is 0.500 bits per heavy atom. The number of hydrogen-bond acceptors (Lipinski definition) is 4. The lowest BCUT2D eigenvalue weighted by Gasteiger charge is -1.97. The summed E-state index contributed by atoms with van der Waals surface area (Å²) in [5.41, 5.74) is 0. The summed E-state index contributed by atoms with van der Waals surface area (Å²) in [5, 5.41) is 8.84. The highest BCUT2D eigenvalue weighted by atomic mass is 32.2. The van der Waals surface area contributed by atoms with E-state index in [1.165, 1.54) is 23.0 Å². The van der Waals surface area contributed by atoms with Gasteiger partial charge in [0.2, 0.25) is 0 Å². The third kappa shape index (κ3) is 6.40. The quantitative estimate of drug-likeness (QED) is 0.626. The average Bonchev–Trinajstić information content (AvgIpc) is 2.05. The zero-order valence-corrected chi connectivity index (χ0v) is 10.0. The van der Waals surface area contributed by atoms with Crippen molar-refractivity contribution in [2.75, 3.05) is 23.0 Å². The van der Waals surface area contributed by atoms with Crippen molar-refractivity contribution in [3.63, 3.8) is 0 Å². The van der Waals surface area contributed by atoms with E-state index in [-0.39, 0.29) is 0 Å². The molecule has 0 atom stereocenters. The number of rotatable bonds is 0. The van der Waals surface area contributed by atoms with E-state index in [2.05, 4.69) is 21.6 Å². The highest BCUT2D eigenvalue weighted by Crippen LogP contribution is 2.17. The lowest BCUT2D eigenvalue weighted by atomic mass is 11.0. The molecule has 0 aromatic rings. The summed E-state index contributed by atoms with van der Waals surface area (Å²) in [6.07, 6.45) is 0. The van der Waals surface area contributed by atoms with Crippen molar-refractivity contribution in [3.8, 4) is 0 Å². The molecule has 0 unspecified atom stereocenters. The van der Waals surface area contributed by atoms with E-state index in [0.717, 1.165) is 0 Å². The van der Waals surface area contributed by atoms with Crippen LogP contribution in [0.4, 0.5) is 0 Å². The molecule has 1 aliphatic rings. The highest BCUT2D eigenvalue weighted by Gasteiger charge is 1.88. The minimum atomic E-state index is 1.22. The summed E-state index contributed by atoms with van der Waals surface area (Å²) >= 11 is 7.62. The van der Waals surface area contributed by atoms with Crippen LogP contribution >= 0.6 is 47.0 Å². The van der Waals surface area contributed by atoms with E-state index in [1.807, 2.05) is 47.0 Å². The van der Waals surface area contributed by atoms with Crippen LogP contribution in [0.5, 0.6) is 0 Å². The van der Waals surface area contributed by atoms with Crippen molar-refractivity contribution >= 4 is 47.0 Å². The molecule has 0 aromatic heterocycles. The smallest absolute Gasteiger partial charge is 0.00685 e. The van der Waals surface area contributed by atoms with E-state index in [4.69, 9.17) is 0 Å². The van der Waals surface area contributed by atoms with Crippen molar-refractivity contribution in [1.82, 2.24) is 0 Å². The van der Waals surface area contributed by atoms with Crippen LogP contribution < -0.4 is 0 Å². The molecule has 1 heterocycles. The maximum atomic E-state index is 2.21. The Labute approximate surface area is 91.4 Å². The summed E-state index contributed by atoms with van der Waals surface area (Å²) in [4.78, 5) is 0. The molecule has 0 fully saturated rings. The van der Waals surface area contributed by atoms with Crippen LogP contribution in [-0.2, 0) is 0 Å². The first-order chi connectivity index (χ1) is 6.00. The first-order valence-electron chi connectivity index (χ1n) is 3.76. The molecule has 0 radical (unpaired) electrons. The summed E-state index contributed by atoms with van der Waals surface area (Å²) in [5.74, 6) is 4.88. The third-order valence-corrected chi connectivity index (χ3v) is 5.07. The van der Waals surface area contributed by atoms with E-state index >= 15 is 0 Å². The van der Waals surface area contributed by atoms with Crippen molar-refractivity contribution in [3.05, 3.63) is 21.6 Å². The standard InChI is InChI=1S/C8H12S4/c1-2-10-5-6-12-8-7-11-4-3-9-1/h1-2,7-8H,3-6H2/b2-1-,8-7-. The average molecular weight is 236 g/mol. The van der Waals surface area contributed by atoms with Gasteiger partial charge < -0.3 is 0 Å². The van der Waals surface area contributed by atoms with Crippen LogP contribution in [0.15, 0.2) is 21.6 Å². The molecule has 12 heavy (non-hydrogen) atoms. The van der Waals surface area contributed by atoms with Gasteiger partial charge >= 0.3 is 0 Å². The minimum absolute atomic E-state index is 1.22. The molecule has 0 aliphatic carbocycles. The second-order valence-corrected chi connectivity index (χ2v) is 6.08. The van der Waals surface area contributed by atoms with Gasteiger partial charge in [-0.15, -0.1) is 47.0 Å². The predicted molar refractivity (Wildman–Crippen MR) is 68.1 cm³/mol. The largest absolute Gasteiger partial charge is 0.133 e. The third-order valence-electron chi connectivity index (χ3n) is 1.13. The fraction of sp³-hybridized carbons (Fsp3) is 0.500. The van der Waals surface area contributed by atoms with Gasteiger partial charge in [0.25, 0.3) is 0 Å². The highest BCUT2D eigenvalue weighted by molar-refractivity contribution is 8.09. The molecule has 0 nitrogen and oxygen atoms in total. The Balaban J connectivity index is 2.18. The van der Waals surface area contributed by atoms with Crippen LogP contribution in [0.3, 0.4) is 0 Å². The summed E-state index contributed by atoms with van der Waals surface area (Å²) in [6.45, 7) is 0. The fourth-order valence-corrected chi connectivity index (χ4v) is 3.96. The minimum Gasteiger partial charge on any atom is -0.133 e. The van der Waals surface area contributed by atoms with Crippen LogP contribution in [-0.4, -0.2) is 23.0 Å². The molecule has 0 saturated carbocycles. The zero-order chi connectivity index (χ0) is 8.49. The molecule has 0 spiro atoms. The maximum absolute atomic E-state index is 2.21. The summed E-state index contributed by atoms with van der Waals surface area (Å²) < 4.78 is 0. The van der Waals surface area contributed by atoms with Crippen molar-refractivity contribution in [1.29, 1.82) is 0 Å². The van der Waals surface area contributed by atoms with E-state index in [0.29, 0.717) is 0 Å². The molecule has 0 saturated heterocycles. The summed E-state index contributed by atoms with van der Waals surface area (Å²) in [7, 11) is 0. The lowest BCUT2D eigenvalue weighted by Crippen LogP contribution is -1.81. The lowest BCUT2D eigenvalue weighted by molar-refractivity contribution is 1.56. The monoisotopic (exact) mass is 236 g/mol. The first-order valence-corrected chi connectivity index (χ1v) is 7.96. The Hall–Kier alpha value is 0.880. The molecule has 68 valence electrons. The normalized spacial score (nSPS) is 26.7. The number of hydrogen-bond donors (Lipinski definition) is 0. The molecular formula is C8H12S4. The topological polar surface area (TPSA) is 0 Å². The van der Waals surface area contributed by atoms with Gasteiger partial charge in [-0.05, 0) is 21.6 Å². The van der Waals surface area contributed by atoms with E-state index < -0.39 is 0 Å². The molecule has 0 aromatic carbocycles. The van der Waals surface area contributed by atoms with Crippen LogP contribution in [0.2, 0.25) is 0 Å². The SMILES string of the molecule is C1=C\SCCS/C=C\SCCS/1. The molecule has 0 bridgehead atoms. The maximum Gasteiger partial charge on any atom is 0.00685 e. The first kappa shape index (κ1) is 11.0. The van der Waals surface area contributed by atoms with Gasteiger partial charge in [-0.3, -0.25) is 0 Å². The molecule has 4 heteroatoms. The second kappa shape index (κ2) is 8.48. The summed E-state index contributed by atoms with van der Waals surface area (Å²) in [6, 6.07) is 0. The van der Waals surface area contributed by atoms with E-state index in [9.17, 15) is 0 Å². The van der Waals surface area contributed by atoms with Gasteiger partial charge in [-0.1, -0.05) is 0 Å². The van der Waals surface area contributed by atoms with Crippen LogP contribution in [0.1, 0.15) is 0 Å². The van der Waals surface area contributed by atoms with Crippen molar-refractivity contribution in [2.45, 2.75) is 0 Å². The Bertz CT molecular complexity index is 119. The molecule has 1 rings (SSSR count). The van der Waals surface area contributed by atoms with Crippen molar-refractivity contribution in [2.24, 2.45) is 0 Å². The van der Waals surface area contributed by atoms with Crippen LogP contribution in [0.25, 0.3) is 0 Å². The second-order valence-electron chi connectivity index (χ2n) is 2.03. The van der Waals surface area contributed by atoms with E-state index in [1.54, 1.807) is 0 Å². The Morgan fingerprint density at radius 3 is 1.00 bits per heavy atom. The number of thioether (sulfide) groups is 4. The van der Waals surface area contributed by atoms with Gasteiger partial charge in [0.05, 0.1) is 0 Å². The molecule has 0 amide bonds. The van der Waals surface area contributed by atoms with Crippen molar-refractivity contribution < 1.29 is 0 Å². The molecule has 0 N–H and O–H groups in total. The van der Waals surface area contributed by atoms with Gasteiger partial charge in [0.1, 0.15) is 0 Å². The molecular weight excluding hydrogens is 224 g/mol. The Morgan fingerprint density at radius 2 is 0.750 bits per heavy atom. The van der Waals surface area contributed by atoms with Crippen LogP contribution in [0, 0.1) is 0 Å².